The van der Waals surface area contributed by atoms with Crippen LogP contribution in [0.4, 0.5) is 5.69 Å². The molecule has 0 saturated heterocycles. The van der Waals surface area contributed by atoms with Crippen LogP contribution in [0.2, 0.25) is 10.0 Å². The lowest BCUT2D eigenvalue weighted by molar-refractivity contribution is 0.774. The van der Waals surface area contributed by atoms with Crippen molar-refractivity contribution in [3.05, 3.63) is 63.1 Å². The molecular weight excluding hydrogens is 277 g/mol. The fourth-order valence-electron chi connectivity index (χ4n) is 2.65. The Morgan fingerprint density at radius 2 is 1.79 bits per heavy atom. The molecule has 2 aromatic carbocycles. The van der Waals surface area contributed by atoms with Gasteiger partial charge >= 0.3 is 0 Å². The lowest BCUT2D eigenvalue weighted by Crippen LogP contribution is -2.19. The Labute approximate surface area is 123 Å². The molecule has 0 fully saturated rings. The third kappa shape index (κ3) is 2.72. The van der Waals surface area contributed by atoms with Gasteiger partial charge in [-0.2, -0.15) is 0 Å². The summed E-state index contributed by atoms with van der Waals surface area (Å²) >= 11 is 12.3. The molecule has 1 unspecified atom stereocenters. The largest absolute Gasteiger partial charge is 0.380 e. The maximum absolute atomic E-state index is 6.26. The van der Waals surface area contributed by atoms with Gasteiger partial charge in [-0.3, -0.25) is 0 Å². The second-order valence-electron chi connectivity index (χ2n) is 5.15. The minimum absolute atomic E-state index is 0.397. The normalized spacial score (nSPS) is 17.3. The molecule has 0 aromatic heterocycles. The molecule has 0 saturated carbocycles. The number of halogens is 2. The molecule has 0 amide bonds. The van der Waals surface area contributed by atoms with E-state index in [0.29, 0.717) is 6.04 Å². The minimum atomic E-state index is 0.397. The summed E-state index contributed by atoms with van der Waals surface area (Å²) in [5.41, 5.74) is 4.91. The Morgan fingerprint density at radius 3 is 2.58 bits per heavy atom. The van der Waals surface area contributed by atoms with Crippen LogP contribution in [-0.4, -0.2) is 6.04 Å². The average Bonchev–Trinajstić information content (AvgIpc) is 2.74. The minimum Gasteiger partial charge on any atom is -0.380 e. The summed E-state index contributed by atoms with van der Waals surface area (Å²) in [4.78, 5) is 0. The number of anilines is 1. The Hall–Kier alpha value is -1.18. The lowest BCUT2D eigenvalue weighted by Gasteiger charge is -2.15. The van der Waals surface area contributed by atoms with Crippen molar-refractivity contribution in [2.75, 3.05) is 5.32 Å². The standard InChI is InChI=1S/C16H15Cl2N/c1-10-2-5-16(15(18)6-10)19-14-8-11-3-4-13(17)7-12(11)9-14/h2-7,14,19H,8-9H2,1H3. The van der Waals surface area contributed by atoms with E-state index >= 15 is 0 Å². The van der Waals surface area contributed by atoms with E-state index in [1.54, 1.807) is 0 Å². The highest BCUT2D eigenvalue weighted by molar-refractivity contribution is 6.33. The molecule has 1 aliphatic carbocycles. The molecule has 0 bridgehead atoms. The Kier molecular flexibility index (Phi) is 3.42. The highest BCUT2D eigenvalue weighted by Gasteiger charge is 2.21. The second kappa shape index (κ2) is 5.07. The van der Waals surface area contributed by atoms with Crippen LogP contribution < -0.4 is 5.32 Å². The molecule has 1 atom stereocenters. The van der Waals surface area contributed by atoms with E-state index in [0.717, 1.165) is 28.6 Å². The van der Waals surface area contributed by atoms with Crippen molar-refractivity contribution in [3.63, 3.8) is 0 Å². The zero-order valence-electron chi connectivity index (χ0n) is 10.7. The summed E-state index contributed by atoms with van der Waals surface area (Å²) in [6.45, 7) is 2.04. The van der Waals surface area contributed by atoms with Crippen LogP contribution >= 0.6 is 23.2 Å². The number of hydrogen-bond acceptors (Lipinski definition) is 1. The zero-order valence-corrected chi connectivity index (χ0v) is 12.2. The first-order valence-electron chi connectivity index (χ1n) is 6.42. The number of aryl methyl sites for hydroxylation is 1. The van der Waals surface area contributed by atoms with Gasteiger partial charge in [0.25, 0.3) is 0 Å². The smallest absolute Gasteiger partial charge is 0.0640 e. The Morgan fingerprint density at radius 1 is 1.00 bits per heavy atom. The predicted octanol–water partition coefficient (Wildman–Crippen LogP) is 4.88. The molecule has 0 aliphatic heterocycles. The molecule has 1 N–H and O–H groups in total. The molecule has 1 aliphatic rings. The number of nitrogens with one attached hydrogen (secondary N) is 1. The maximum atomic E-state index is 6.26. The molecule has 19 heavy (non-hydrogen) atoms. The van der Waals surface area contributed by atoms with Crippen LogP contribution in [-0.2, 0) is 12.8 Å². The Balaban J connectivity index is 1.77. The van der Waals surface area contributed by atoms with Crippen molar-refractivity contribution in [1.82, 2.24) is 0 Å². The van der Waals surface area contributed by atoms with Crippen LogP contribution in [0, 0.1) is 6.92 Å². The van der Waals surface area contributed by atoms with Crippen molar-refractivity contribution in [3.8, 4) is 0 Å². The lowest BCUT2D eigenvalue weighted by atomic mass is 10.1. The van der Waals surface area contributed by atoms with Crippen LogP contribution in [0.25, 0.3) is 0 Å². The van der Waals surface area contributed by atoms with Gasteiger partial charge in [-0.05, 0) is 60.7 Å². The molecule has 1 nitrogen and oxygen atoms in total. The molecule has 3 heteroatoms. The Bertz CT molecular complexity index is 622. The highest BCUT2D eigenvalue weighted by Crippen LogP contribution is 2.29. The first-order chi connectivity index (χ1) is 9.11. The molecule has 98 valence electrons. The summed E-state index contributed by atoms with van der Waals surface area (Å²) in [6.07, 6.45) is 2.02. The average molecular weight is 292 g/mol. The predicted molar refractivity (Wildman–Crippen MR) is 82.5 cm³/mol. The van der Waals surface area contributed by atoms with Gasteiger partial charge in [0.1, 0.15) is 0 Å². The molecule has 3 rings (SSSR count). The number of rotatable bonds is 2. The molecule has 0 spiro atoms. The SMILES string of the molecule is Cc1ccc(NC2Cc3ccc(Cl)cc3C2)c(Cl)c1. The van der Waals surface area contributed by atoms with Crippen molar-refractivity contribution in [1.29, 1.82) is 0 Å². The van der Waals surface area contributed by atoms with Crippen LogP contribution in [0.5, 0.6) is 0 Å². The molecular formula is C16H15Cl2N. The van der Waals surface area contributed by atoms with Gasteiger partial charge in [0.05, 0.1) is 10.7 Å². The summed E-state index contributed by atoms with van der Waals surface area (Å²) in [7, 11) is 0. The first kappa shape index (κ1) is 12.8. The van der Waals surface area contributed by atoms with E-state index in [2.05, 4.69) is 23.5 Å². The summed E-state index contributed by atoms with van der Waals surface area (Å²) in [6, 6.07) is 12.7. The van der Waals surface area contributed by atoms with Gasteiger partial charge in [-0.25, -0.2) is 0 Å². The topological polar surface area (TPSA) is 12.0 Å². The van der Waals surface area contributed by atoms with Crippen LogP contribution in [0.1, 0.15) is 16.7 Å². The van der Waals surface area contributed by atoms with Crippen LogP contribution in [0.3, 0.4) is 0 Å². The number of hydrogen-bond donors (Lipinski definition) is 1. The van der Waals surface area contributed by atoms with Crippen molar-refractivity contribution in [2.24, 2.45) is 0 Å². The van der Waals surface area contributed by atoms with E-state index in [9.17, 15) is 0 Å². The van der Waals surface area contributed by atoms with Gasteiger partial charge < -0.3 is 5.32 Å². The summed E-state index contributed by atoms with van der Waals surface area (Å²) in [5.74, 6) is 0. The van der Waals surface area contributed by atoms with E-state index in [1.807, 2.05) is 25.1 Å². The van der Waals surface area contributed by atoms with E-state index < -0.39 is 0 Å². The monoisotopic (exact) mass is 291 g/mol. The molecule has 0 heterocycles. The van der Waals surface area contributed by atoms with Gasteiger partial charge in [0, 0.05) is 11.1 Å². The first-order valence-corrected chi connectivity index (χ1v) is 7.17. The summed E-state index contributed by atoms with van der Waals surface area (Å²) in [5, 5.41) is 5.13. The highest BCUT2D eigenvalue weighted by atomic mass is 35.5. The van der Waals surface area contributed by atoms with Crippen molar-refractivity contribution in [2.45, 2.75) is 25.8 Å². The second-order valence-corrected chi connectivity index (χ2v) is 5.99. The quantitative estimate of drug-likeness (QED) is 0.831. The third-order valence-corrected chi connectivity index (χ3v) is 4.13. The third-order valence-electron chi connectivity index (χ3n) is 3.59. The maximum Gasteiger partial charge on any atom is 0.0640 e. The zero-order chi connectivity index (χ0) is 13.4. The summed E-state index contributed by atoms with van der Waals surface area (Å²) < 4.78 is 0. The van der Waals surface area contributed by atoms with Gasteiger partial charge in [0.2, 0.25) is 0 Å². The molecule has 0 radical (unpaired) electrons. The fourth-order valence-corrected chi connectivity index (χ4v) is 3.13. The van der Waals surface area contributed by atoms with Gasteiger partial charge in [-0.15, -0.1) is 0 Å². The van der Waals surface area contributed by atoms with E-state index in [4.69, 9.17) is 23.2 Å². The van der Waals surface area contributed by atoms with Crippen molar-refractivity contribution < 1.29 is 0 Å². The number of benzene rings is 2. The van der Waals surface area contributed by atoms with E-state index in [-0.39, 0.29) is 0 Å². The van der Waals surface area contributed by atoms with E-state index in [1.165, 1.54) is 16.7 Å². The van der Waals surface area contributed by atoms with Gasteiger partial charge in [0.15, 0.2) is 0 Å². The van der Waals surface area contributed by atoms with Crippen LogP contribution in [0.15, 0.2) is 36.4 Å². The fraction of sp³-hybridized carbons (Fsp3) is 0.250. The number of fused-ring (bicyclic) bond motifs is 1. The van der Waals surface area contributed by atoms with Gasteiger partial charge in [-0.1, -0.05) is 35.3 Å². The van der Waals surface area contributed by atoms with Crippen molar-refractivity contribution >= 4 is 28.9 Å². The molecule has 2 aromatic rings.